The van der Waals surface area contributed by atoms with E-state index in [1.807, 2.05) is 12.1 Å². The lowest BCUT2D eigenvalue weighted by Gasteiger charge is -2.16. The molecule has 1 unspecified atom stereocenters. The van der Waals surface area contributed by atoms with Crippen LogP contribution in [0.3, 0.4) is 0 Å². The molecule has 3 aromatic heterocycles. The van der Waals surface area contributed by atoms with Crippen molar-refractivity contribution in [1.82, 2.24) is 35.0 Å². The highest BCUT2D eigenvalue weighted by Crippen LogP contribution is 2.28. The van der Waals surface area contributed by atoms with Gasteiger partial charge < -0.3 is 15.4 Å². The zero-order valence-corrected chi connectivity index (χ0v) is 16.0. The van der Waals surface area contributed by atoms with Gasteiger partial charge in [0.25, 0.3) is 5.95 Å². The van der Waals surface area contributed by atoms with Crippen molar-refractivity contribution < 1.29 is 9.53 Å². The molecule has 4 rings (SSSR count). The van der Waals surface area contributed by atoms with Crippen molar-refractivity contribution >= 4 is 11.7 Å². The van der Waals surface area contributed by atoms with Gasteiger partial charge in [0.15, 0.2) is 11.6 Å². The van der Waals surface area contributed by atoms with Crippen LogP contribution in [0, 0.1) is 0 Å². The molecule has 0 aliphatic heterocycles. The molecule has 3 heterocycles. The summed E-state index contributed by atoms with van der Waals surface area (Å²) in [5.41, 5.74) is 0.501. The fourth-order valence-electron chi connectivity index (χ4n) is 2.70. The minimum absolute atomic E-state index is 0.369. The van der Waals surface area contributed by atoms with Crippen LogP contribution >= 0.6 is 0 Å². The Labute approximate surface area is 172 Å². The summed E-state index contributed by atoms with van der Waals surface area (Å²) < 4.78 is 7.24. The first-order chi connectivity index (χ1) is 14.7. The number of urea groups is 1. The molecule has 0 fully saturated rings. The maximum absolute atomic E-state index is 12.6. The Morgan fingerprint density at radius 1 is 0.967 bits per heavy atom. The molecular formula is C20H18N8O2. The molecule has 10 heteroatoms. The molecule has 2 N–H and O–H groups in total. The summed E-state index contributed by atoms with van der Waals surface area (Å²) in [6.07, 6.45) is 6.23. The van der Waals surface area contributed by atoms with Gasteiger partial charge in [0.05, 0.1) is 11.7 Å². The summed E-state index contributed by atoms with van der Waals surface area (Å²) in [6, 6.07) is 13.3. The van der Waals surface area contributed by atoms with Gasteiger partial charge >= 0.3 is 6.03 Å². The topological polar surface area (TPSA) is 120 Å². The first kappa shape index (κ1) is 19.0. The van der Waals surface area contributed by atoms with Gasteiger partial charge in [-0.1, -0.05) is 18.2 Å². The van der Waals surface area contributed by atoms with Crippen molar-refractivity contribution in [3.63, 3.8) is 0 Å². The van der Waals surface area contributed by atoms with E-state index in [1.54, 1.807) is 61.9 Å². The number of pyridine rings is 1. The smallest absolute Gasteiger partial charge is 0.319 e. The maximum atomic E-state index is 12.6. The number of benzene rings is 1. The predicted molar refractivity (Wildman–Crippen MR) is 108 cm³/mol. The Balaban J connectivity index is 1.46. The molecule has 1 aromatic carbocycles. The number of rotatable bonds is 6. The van der Waals surface area contributed by atoms with E-state index in [0.29, 0.717) is 29.1 Å². The van der Waals surface area contributed by atoms with Gasteiger partial charge in [0.2, 0.25) is 5.88 Å². The van der Waals surface area contributed by atoms with E-state index >= 15 is 0 Å². The number of anilines is 1. The second-order valence-corrected chi connectivity index (χ2v) is 6.17. The molecule has 0 saturated heterocycles. The average Bonchev–Trinajstić information content (AvgIpc) is 3.27. The zero-order valence-electron chi connectivity index (χ0n) is 16.0. The number of nitrogens with one attached hydrogen (secondary N) is 2. The van der Waals surface area contributed by atoms with E-state index in [-0.39, 0.29) is 0 Å². The van der Waals surface area contributed by atoms with Gasteiger partial charge in [-0.25, -0.2) is 24.7 Å². The number of hydrogen-bond donors (Lipinski definition) is 2. The average molecular weight is 402 g/mol. The van der Waals surface area contributed by atoms with Crippen LogP contribution in [0.15, 0.2) is 73.4 Å². The molecule has 10 nitrogen and oxygen atoms in total. The number of nitrogens with zero attached hydrogens (tertiary/aromatic N) is 6. The number of ether oxygens (including phenoxy) is 1. The first-order valence-corrected chi connectivity index (χ1v) is 9.13. The predicted octanol–water partition coefficient (Wildman–Crippen LogP) is 3.13. The molecule has 0 aliphatic rings. The fraction of sp³-hybridized carbons (Fsp3) is 0.100. The van der Waals surface area contributed by atoms with Crippen molar-refractivity contribution in [2.24, 2.45) is 0 Å². The van der Waals surface area contributed by atoms with Crippen molar-refractivity contribution in [1.29, 1.82) is 0 Å². The summed E-state index contributed by atoms with van der Waals surface area (Å²) in [4.78, 5) is 29.3. The quantitative estimate of drug-likeness (QED) is 0.508. The van der Waals surface area contributed by atoms with Crippen LogP contribution in [-0.2, 0) is 0 Å². The normalized spacial score (nSPS) is 11.5. The second-order valence-electron chi connectivity index (χ2n) is 6.17. The summed E-state index contributed by atoms with van der Waals surface area (Å²) in [5, 5.41) is 9.76. The SMILES string of the molecule is CC(NC(=O)Nc1ccccc1Oc1ccccn1)c1ncnn1-c1ncccn1. The third-order valence-electron chi connectivity index (χ3n) is 4.04. The van der Waals surface area contributed by atoms with Gasteiger partial charge in [-0.3, -0.25) is 0 Å². The van der Waals surface area contributed by atoms with Crippen molar-refractivity contribution in [2.45, 2.75) is 13.0 Å². The van der Waals surface area contributed by atoms with Gasteiger partial charge in [-0.15, -0.1) is 0 Å². The molecule has 30 heavy (non-hydrogen) atoms. The lowest BCUT2D eigenvalue weighted by molar-refractivity contribution is 0.248. The van der Waals surface area contributed by atoms with Crippen LogP contribution < -0.4 is 15.4 Å². The third-order valence-corrected chi connectivity index (χ3v) is 4.04. The molecule has 0 saturated carbocycles. The number of para-hydroxylation sites is 2. The number of hydrogen-bond acceptors (Lipinski definition) is 7. The monoisotopic (exact) mass is 402 g/mol. The highest BCUT2D eigenvalue weighted by atomic mass is 16.5. The lowest BCUT2D eigenvalue weighted by atomic mass is 10.3. The molecule has 0 radical (unpaired) electrons. The molecule has 2 amide bonds. The Morgan fingerprint density at radius 3 is 2.53 bits per heavy atom. The fourth-order valence-corrected chi connectivity index (χ4v) is 2.70. The van der Waals surface area contributed by atoms with E-state index in [2.05, 4.69) is 35.7 Å². The zero-order chi connectivity index (χ0) is 20.8. The van der Waals surface area contributed by atoms with Crippen LogP contribution in [0.25, 0.3) is 5.95 Å². The van der Waals surface area contributed by atoms with Crippen LogP contribution in [0.4, 0.5) is 10.5 Å². The minimum Gasteiger partial charge on any atom is -0.437 e. The second kappa shape index (κ2) is 8.78. The highest BCUT2D eigenvalue weighted by Gasteiger charge is 2.18. The highest BCUT2D eigenvalue weighted by molar-refractivity contribution is 5.91. The van der Waals surface area contributed by atoms with E-state index < -0.39 is 12.1 Å². The molecule has 150 valence electrons. The van der Waals surface area contributed by atoms with Crippen LogP contribution in [0.1, 0.15) is 18.8 Å². The summed E-state index contributed by atoms with van der Waals surface area (Å²) in [7, 11) is 0. The summed E-state index contributed by atoms with van der Waals surface area (Å²) >= 11 is 0. The van der Waals surface area contributed by atoms with Gasteiger partial charge in [-0.2, -0.15) is 9.78 Å². The first-order valence-electron chi connectivity index (χ1n) is 9.13. The van der Waals surface area contributed by atoms with Crippen molar-refractivity contribution in [3.05, 3.63) is 79.3 Å². The molecule has 0 bridgehead atoms. The Morgan fingerprint density at radius 2 is 1.73 bits per heavy atom. The molecule has 0 aliphatic carbocycles. The molecular weight excluding hydrogens is 384 g/mol. The Kier molecular flexibility index (Phi) is 5.56. The van der Waals surface area contributed by atoms with E-state index in [0.717, 1.165) is 0 Å². The molecule has 1 atom stereocenters. The molecule has 4 aromatic rings. The maximum Gasteiger partial charge on any atom is 0.319 e. The number of carbonyl (C=O) groups excluding carboxylic acids is 1. The van der Waals surface area contributed by atoms with E-state index in [9.17, 15) is 4.79 Å². The number of carbonyl (C=O) groups is 1. The summed E-state index contributed by atoms with van der Waals surface area (Å²) in [5.74, 6) is 1.76. The summed E-state index contributed by atoms with van der Waals surface area (Å²) in [6.45, 7) is 1.79. The van der Waals surface area contributed by atoms with Crippen molar-refractivity contribution in [3.8, 4) is 17.6 Å². The lowest BCUT2D eigenvalue weighted by Crippen LogP contribution is -2.32. The minimum atomic E-state index is -0.458. The van der Waals surface area contributed by atoms with Gasteiger partial charge in [0.1, 0.15) is 6.33 Å². The van der Waals surface area contributed by atoms with Crippen molar-refractivity contribution in [2.75, 3.05) is 5.32 Å². The van der Waals surface area contributed by atoms with Crippen LogP contribution in [0.5, 0.6) is 11.6 Å². The number of aromatic nitrogens is 6. The largest absolute Gasteiger partial charge is 0.437 e. The molecule has 0 spiro atoms. The Hall–Kier alpha value is -4.34. The van der Waals surface area contributed by atoms with Crippen LogP contribution in [0.2, 0.25) is 0 Å². The van der Waals surface area contributed by atoms with E-state index in [1.165, 1.54) is 11.0 Å². The third kappa shape index (κ3) is 4.38. The number of amides is 2. The standard InChI is InChI=1S/C20H18N8O2/c1-14(18-24-13-25-28(18)19-22-11-6-12-23-19)26-20(29)27-15-7-2-3-8-16(15)30-17-9-4-5-10-21-17/h2-14H,1H3,(H2,26,27,29). The van der Waals surface area contributed by atoms with Crippen LogP contribution in [-0.4, -0.2) is 35.7 Å². The van der Waals surface area contributed by atoms with Gasteiger partial charge in [-0.05, 0) is 31.2 Å². The van der Waals surface area contributed by atoms with E-state index in [4.69, 9.17) is 4.74 Å². The Bertz CT molecular complexity index is 1120. The van der Waals surface area contributed by atoms with Gasteiger partial charge in [0, 0.05) is 24.7 Å².